The molecule has 1 saturated heterocycles. The predicted molar refractivity (Wildman–Crippen MR) is 98.5 cm³/mol. The van der Waals surface area contributed by atoms with E-state index in [1.165, 1.54) is 6.07 Å². The molecule has 0 bridgehead atoms. The summed E-state index contributed by atoms with van der Waals surface area (Å²) in [5.41, 5.74) is 0.807. The van der Waals surface area contributed by atoms with Gasteiger partial charge in [0.1, 0.15) is 5.82 Å². The molecule has 25 heavy (non-hydrogen) atoms. The third-order valence-electron chi connectivity index (χ3n) is 5.18. The van der Waals surface area contributed by atoms with Gasteiger partial charge in [-0.3, -0.25) is 4.99 Å². The SMILES string of the molecule is CN=C(NC1CCN(CCOC)CC1)NC1CC1c1ccccc1F. The topological polar surface area (TPSA) is 48.9 Å². The number of rotatable bonds is 6. The maximum absolute atomic E-state index is 13.9. The number of nitrogens with one attached hydrogen (secondary N) is 2. The van der Waals surface area contributed by atoms with E-state index in [0.29, 0.717) is 6.04 Å². The average Bonchev–Trinajstić information content (AvgIpc) is 3.39. The smallest absolute Gasteiger partial charge is 0.191 e. The van der Waals surface area contributed by atoms with Crippen molar-refractivity contribution in [1.82, 2.24) is 15.5 Å². The highest BCUT2D eigenvalue weighted by Gasteiger charge is 2.40. The van der Waals surface area contributed by atoms with Crippen LogP contribution in [0.3, 0.4) is 0 Å². The highest BCUT2D eigenvalue weighted by molar-refractivity contribution is 5.80. The van der Waals surface area contributed by atoms with Gasteiger partial charge < -0.3 is 20.3 Å². The zero-order valence-electron chi connectivity index (χ0n) is 15.2. The molecule has 3 rings (SSSR count). The zero-order valence-corrected chi connectivity index (χ0v) is 15.2. The molecule has 1 aliphatic carbocycles. The van der Waals surface area contributed by atoms with Gasteiger partial charge in [0, 0.05) is 51.8 Å². The monoisotopic (exact) mass is 348 g/mol. The second-order valence-electron chi connectivity index (χ2n) is 6.94. The van der Waals surface area contributed by atoms with Crippen molar-refractivity contribution in [3.63, 3.8) is 0 Å². The molecule has 2 unspecified atom stereocenters. The van der Waals surface area contributed by atoms with E-state index in [1.54, 1.807) is 20.2 Å². The number of ether oxygens (including phenoxy) is 1. The summed E-state index contributed by atoms with van der Waals surface area (Å²) in [6.07, 6.45) is 3.16. The van der Waals surface area contributed by atoms with E-state index in [4.69, 9.17) is 4.74 Å². The number of piperidine rings is 1. The van der Waals surface area contributed by atoms with Crippen LogP contribution in [0, 0.1) is 5.82 Å². The highest BCUT2D eigenvalue weighted by Crippen LogP contribution is 2.41. The Kier molecular flexibility index (Phi) is 6.26. The van der Waals surface area contributed by atoms with Gasteiger partial charge in [-0.2, -0.15) is 0 Å². The molecular weight excluding hydrogens is 319 g/mol. The van der Waals surface area contributed by atoms with Crippen molar-refractivity contribution >= 4 is 5.96 Å². The number of guanidine groups is 1. The van der Waals surface area contributed by atoms with Gasteiger partial charge >= 0.3 is 0 Å². The first-order chi connectivity index (χ1) is 12.2. The molecule has 1 aromatic carbocycles. The number of hydrogen-bond donors (Lipinski definition) is 2. The average molecular weight is 348 g/mol. The Morgan fingerprint density at radius 3 is 2.72 bits per heavy atom. The summed E-state index contributed by atoms with van der Waals surface area (Å²) in [7, 11) is 3.54. The second-order valence-corrected chi connectivity index (χ2v) is 6.94. The van der Waals surface area contributed by atoms with E-state index in [-0.39, 0.29) is 17.8 Å². The summed E-state index contributed by atoms with van der Waals surface area (Å²) in [6.45, 7) is 3.96. The van der Waals surface area contributed by atoms with Crippen molar-refractivity contribution in [1.29, 1.82) is 0 Å². The molecule has 138 valence electrons. The van der Waals surface area contributed by atoms with Crippen molar-refractivity contribution in [2.45, 2.75) is 37.3 Å². The van der Waals surface area contributed by atoms with Crippen molar-refractivity contribution in [3.8, 4) is 0 Å². The summed E-state index contributed by atoms with van der Waals surface area (Å²) in [5, 5.41) is 6.98. The Morgan fingerprint density at radius 2 is 2.04 bits per heavy atom. The lowest BCUT2D eigenvalue weighted by molar-refractivity contribution is 0.128. The number of nitrogens with zero attached hydrogens (tertiary/aromatic N) is 2. The van der Waals surface area contributed by atoms with Gasteiger partial charge in [0.25, 0.3) is 0 Å². The molecule has 2 N–H and O–H groups in total. The van der Waals surface area contributed by atoms with Crippen LogP contribution in [0.5, 0.6) is 0 Å². The molecule has 0 aromatic heterocycles. The number of aliphatic imine (C=N–C) groups is 1. The van der Waals surface area contributed by atoms with Crippen molar-refractivity contribution in [2.24, 2.45) is 4.99 Å². The zero-order chi connectivity index (χ0) is 17.6. The molecule has 1 aromatic rings. The van der Waals surface area contributed by atoms with Gasteiger partial charge in [0.05, 0.1) is 6.61 Å². The predicted octanol–water partition coefficient (Wildman–Crippen LogP) is 1.96. The van der Waals surface area contributed by atoms with Crippen LogP contribution in [0.4, 0.5) is 4.39 Å². The molecule has 1 aliphatic heterocycles. The van der Waals surface area contributed by atoms with Gasteiger partial charge in [-0.05, 0) is 30.9 Å². The fraction of sp³-hybridized carbons (Fsp3) is 0.632. The molecule has 2 atom stereocenters. The molecule has 1 heterocycles. The van der Waals surface area contributed by atoms with Gasteiger partial charge in [-0.1, -0.05) is 18.2 Å². The Hall–Kier alpha value is -1.66. The fourth-order valence-electron chi connectivity index (χ4n) is 3.54. The van der Waals surface area contributed by atoms with E-state index in [0.717, 1.165) is 57.0 Å². The lowest BCUT2D eigenvalue weighted by Gasteiger charge is -2.32. The summed E-state index contributed by atoms with van der Waals surface area (Å²) < 4.78 is 19.0. The van der Waals surface area contributed by atoms with Crippen LogP contribution in [0.15, 0.2) is 29.3 Å². The number of halogens is 1. The minimum absolute atomic E-state index is 0.108. The Labute approximate surface area is 149 Å². The first kappa shape index (κ1) is 18.1. The first-order valence-electron chi connectivity index (χ1n) is 9.17. The lowest BCUT2D eigenvalue weighted by atomic mass is 10.1. The fourth-order valence-corrected chi connectivity index (χ4v) is 3.54. The molecule has 1 saturated carbocycles. The molecule has 6 heteroatoms. The van der Waals surface area contributed by atoms with Gasteiger partial charge in [0.2, 0.25) is 0 Å². The Balaban J connectivity index is 1.43. The molecule has 0 radical (unpaired) electrons. The largest absolute Gasteiger partial charge is 0.383 e. The summed E-state index contributed by atoms with van der Waals surface area (Å²) in [6, 6.07) is 7.77. The molecule has 0 amide bonds. The van der Waals surface area contributed by atoms with Crippen LogP contribution in [-0.2, 0) is 4.74 Å². The van der Waals surface area contributed by atoms with E-state index >= 15 is 0 Å². The van der Waals surface area contributed by atoms with E-state index in [1.807, 2.05) is 12.1 Å². The van der Waals surface area contributed by atoms with Gasteiger partial charge in [0.15, 0.2) is 5.96 Å². The summed E-state index contributed by atoms with van der Waals surface area (Å²) in [4.78, 5) is 6.79. The minimum Gasteiger partial charge on any atom is -0.383 e. The quantitative estimate of drug-likeness (QED) is 0.609. The standard InChI is InChI=1S/C19H29FN4O/c1-21-19(22-14-7-9-24(10-8-14)11-12-25-2)23-18-13-16(18)15-5-3-4-6-17(15)20/h3-6,14,16,18H,7-13H2,1-2H3,(H2,21,22,23). The normalized spacial score (nSPS) is 25.0. The summed E-state index contributed by atoms with van der Waals surface area (Å²) >= 11 is 0. The van der Waals surface area contributed by atoms with Crippen LogP contribution in [0.25, 0.3) is 0 Å². The van der Waals surface area contributed by atoms with Crippen molar-refractivity contribution in [3.05, 3.63) is 35.6 Å². The number of hydrogen-bond acceptors (Lipinski definition) is 3. The van der Waals surface area contributed by atoms with E-state index in [9.17, 15) is 4.39 Å². The van der Waals surface area contributed by atoms with Crippen LogP contribution in [-0.4, -0.2) is 63.3 Å². The Bertz CT molecular complexity index is 587. The summed E-state index contributed by atoms with van der Waals surface area (Å²) in [5.74, 6) is 0.970. The van der Waals surface area contributed by atoms with Crippen molar-refractivity contribution < 1.29 is 9.13 Å². The molecule has 0 spiro atoms. The van der Waals surface area contributed by atoms with Crippen LogP contribution in [0.2, 0.25) is 0 Å². The molecule has 2 aliphatic rings. The van der Waals surface area contributed by atoms with Crippen molar-refractivity contribution in [2.75, 3.05) is 40.4 Å². The van der Waals surface area contributed by atoms with Crippen LogP contribution >= 0.6 is 0 Å². The molecule has 5 nitrogen and oxygen atoms in total. The van der Waals surface area contributed by atoms with E-state index < -0.39 is 0 Å². The second kappa shape index (κ2) is 8.63. The third-order valence-corrected chi connectivity index (χ3v) is 5.18. The number of likely N-dealkylation sites (tertiary alicyclic amines) is 1. The minimum atomic E-state index is -0.108. The number of benzene rings is 1. The van der Waals surface area contributed by atoms with Gasteiger partial charge in [-0.15, -0.1) is 0 Å². The molecule has 2 fully saturated rings. The maximum Gasteiger partial charge on any atom is 0.191 e. The maximum atomic E-state index is 13.9. The van der Waals surface area contributed by atoms with Crippen LogP contribution < -0.4 is 10.6 Å². The Morgan fingerprint density at radius 1 is 1.28 bits per heavy atom. The van der Waals surface area contributed by atoms with E-state index in [2.05, 4.69) is 20.5 Å². The highest BCUT2D eigenvalue weighted by atomic mass is 19.1. The lowest BCUT2D eigenvalue weighted by Crippen LogP contribution is -2.49. The number of methoxy groups -OCH3 is 1. The molecular formula is C19H29FN4O. The van der Waals surface area contributed by atoms with Crippen LogP contribution in [0.1, 0.15) is 30.7 Å². The third kappa shape index (κ3) is 4.92. The van der Waals surface area contributed by atoms with Gasteiger partial charge in [-0.25, -0.2) is 4.39 Å². The first-order valence-corrected chi connectivity index (χ1v) is 9.17.